The Kier molecular flexibility index (Phi) is 9.51. The van der Waals surface area contributed by atoms with Crippen molar-refractivity contribution >= 4 is 23.5 Å². The number of hydrogen-bond acceptors (Lipinski definition) is 4. The van der Waals surface area contributed by atoms with Crippen molar-refractivity contribution in [3.63, 3.8) is 0 Å². The van der Waals surface area contributed by atoms with Crippen LogP contribution in [0.2, 0.25) is 0 Å². The number of carbonyl (C=O) groups is 2. The number of nitrogens with zero attached hydrogens (tertiary/aromatic N) is 1. The lowest BCUT2D eigenvalue weighted by molar-refractivity contribution is 0.147. The van der Waals surface area contributed by atoms with Gasteiger partial charge in [-0.15, -0.1) is 0 Å². The molecule has 7 heteroatoms. The van der Waals surface area contributed by atoms with Crippen LogP contribution in [0.3, 0.4) is 0 Å². The predicted molar refractivity (Wildman–Crippen MR) is 106 cm³/mol. The summed E-state index contributed by atoms with van der Waals surface area (Å²) in [7, 11) is 2.04. The van der Waals surface area contributed by atoms with Gasteiger partial charge in [0, 0.05) is 30.5 Å². The number of urea groups is 1. The van der Waals surface area contributed by atoms with Gasteiger partial charge in [-0.1, -0.05) is 26.8 Å². The molecule has 1 unspecified atom stereocenters. The quantitative estimate of drug-likeness (QED) is 0.623. The van der Waals surface area contributed by atoms with Crippen molar-refractivity contribution in [2.24, 2.45) is 5.92 Å². The molecular weight excluding hydrogens is 332 g/mol. The molecule has 1 aromatic carbocycles. The largest absolute Gasteiger partial charge is 0.449 e. The first kappa shape index (κ1) is 21.8. The Labute approximate surface area is 156 Å². The molecule has 0 bridgehead atoms. The first-order valence-electron chi connectivity index (χ1n) is 9.10. The normalized spacial score (nSPS) is 12.0. The van der Waals surface area contributed by atoms with Gasteiger partial charge in [0.2, 0.25) is 0 Å². The van der Waals surface area contributed by atoms with Crippen LogP contribution in [-0.2, 0) is 4.74 Å². The van der Waals surface area contributed by atoms with E-state index in [9.17, 15) is 9.59 Å². The molecule has 1 aromatic rings. The molecule has 0 saturated carbocycles. The smallest absolute Gasteiger partial charge is 0.411 e. The van der Waals surface area contributed by atoms with E-state index in [0.717, 1.165) is 13.0 Å². The minimum absolute atomic E-state index is 0.275. The summed E-state index contributed by atoms with van der Waals surface area (Å²) in [6, 6.07) is 7.14. The molecule has 0 fully saturated rings. The van der Waals surface area contributed by atoms with Gasteiger partial charge >= 0.3 is 12.1 Å². The Balaban J connectivity index is 2.42. The number of nitrogens with one attached hydrogen (secondary N) is 3. The van der Waals surface area contributed by atoms with Gasteiger partial charge in [0.25, 0.3) is 0 Å². The van der Waals surface area contributed by atoms with E-state index in [4.69, 9.17) is 4.74 Å². The summed E-state index contributed by atoms with van der Waals surface area (Å²) in [5, 5.41) is 8.24. The Morgan fingerprint density at radius 3 is 2.42 bits per heavy atom. The summed E-state index contributed by atoms with van der Waals surface area (Å²) >= 11 is 0. The number of carbonyl (C=O) groups excluding carboxylic acids is 2. The lowest BCUT2D eigenvalue weighted by Gasteiger charge is -2.23. The molecule has 0 aromatic heterocycles. The van der Waals surface area contributed by atoms with Crippen LogP contribution in [0.5, 0.6) is 0 Å². The molecule has 0 radical (unpaired) electrons. The topological polar surface area (TPSA) is 82.7 Å². The highest BCUT2D eigenvalue weighted by Gasteiger charge is 2.08. The summed E-state index contributed by atoms with van der Waals surface area (Å²) in [6.07, 6.45) is 0.565. The highest BCUT2D eigenvalue weighted by molar-refractivity contribution is 5.91. The van der Waals surface area contributed by atoms with Crippen molar-refractivity contribution in [2.45, 2.75) is 40.2 Å². The average Bonchev–Trinajstić information content (AvgIpc) is 2.59. The van der Waals surface area contributed by atoms with Crippen molar-refractivity contribution in [2.75, 3.05) is 37.4 Å². The van der Waals surface area contributed by atoms with Gasteiger partial charge in [-0.3, -0.25) is 5.32 Å². The van der Waals surface area contributed by atoms with Crippen molar-refractivity contribution in [3.05, 3.63) is 24.3 Å². The number of hydrogen-bond donors (Lipinski definition) is 3. The highest BCUT2D eigenvalue weighted by Crippen LogP contribution is 2.15. The maximum atomic E-state index is 12.0. The third-order valence-corrected chi connectivity index (χ3v) is 4.01. The van der Waals surface area contributed by atoms with Crippen LogP contribution in [0.15, 0.2) is 24.3 Å². The van der Waals surface area contributed by atoms with E-state index in [2.05, 4.69) is 34.7 Å². The van der Waals surface area contributed by atoms with E-state index in [0.29, 0.717) is 30.6 Å². The molecule has 3 amide bonds. The number of likely N-dealkylation sites (N-methyl/N-ethyl adjacent to an activating group) is 1. The van der Waals surface area contributed by atoms with E-state index in [-0.39, 0.29) is 11.9 Å². The van der Waals surface area contributed by atoms with Gasteiger partial charge in [-0.2, -0.15) is 0 Å². The molecule has 0 aliphatic carbocycles. The fourth-order valence-electron chi connectivity index (χ4n) is 2.12. The average molecular weight is 364 g/mol. The Morgan fingerprint density at radius 1 is 1.15 bits per heavy atom. The number of anilines is 2. The standard InChI is InChI=1S/C19H32N4O3/c1-6-15(4)23(5)11-10-20-18(24)21-16-8-7-9-17(12-16)22-19(25)26-13-14(2)3/h7-9,12,14-15H,6,10-11,13H2,1-5H3,(H,22,25)(H2,20,21,24). The van der Waals surface area contributed by atoms with E-state index < -0.39 is 6.09 Å². The van der Waals surface area contributed by atoms with Crippen molar-refractivity contribution < 1.29 is 14.3 Å². The van der Waals surface area contributed by atoms with Crippen LogP contribution in [0.1, 0.15) is 34.1 Å². The maximum absolute atomic E-state index is 12.0. The van der Waals surface area contributed by atoms with Gasteiger partial charge < -0.3 is 20.3 Å². The monoisotopic (exact) mass is 364 g/mol. The maximum Gasteiger partial charge on any atom is 0.411 e. The molecule has 0 aliphatic heterocycles. The first-order valence-corrected chi connectivity index (χ1v) is 9.10. The molecule has 7 nitrogen and oxygen atoms in total. The third-order valence-electron chi connectivity index (χ3n) is 4.01. The number of ether oxygens (including phenoxy) is 1. The zero-order chi connectivity index (χ0) is 19.5. The lowest BCUT2D eigenvalue weighted by atomic mass is 10.2. The molecule has 1 rings (SSSR count). The molecule has 0 saturated heterocycles. The summed E-state index contributed by atoms with van der Waals surface area (Å²) < 4.78 is 5.08. The molecule has 146 valence electrons. The lowest BCUT2D eigenvalue weighted by Crippen LogP contribution is -2.38. The van der Waals surface area contributed by atoms with Gasteiger partial charge in [0.1, 0.15) is 0 Å². The summed E-state index contributed by atoms with van der Waals surface area (Å²) in [5.74, 6) is 0.275. The number of rotatable bonds is 9. The predicted octanol–water partition coefficient (Wildman–Crippen LogP) is 3.74. The van der Waals surface area contributed by atoms with Crippen molar-refractivity contribution in [1.82, 2.24) is 10.2 Å². The van der Waals surface area contributed by atoms with E-state index in [1.54, 1.807) is 24.3 Å². The molecule has 3 N–H and O–H groups in total. The highest BCUT2D eigenvalue weighted by atomic mass is 16.5. The van der Waals surface area contributed by atoms with Crippen LogP contribution >= 0.6 is 0 Å². The van der Waals surface area contributed by atoms with Crippen LogP contribution in [0.4, 0.5) is 21.0 Å². The Hall–Kier alpha value is -2.28. The minimum Gasteiger partial charge on any atom is -0.449 e. The first-order chi connectivity index (χ1) is 12.3. The Bertz CT molecular complexity index is 578. The summed E-state index contributed by atoms with van der Waals surface area (Å²) in [4.78, 5) is 25.9. The van der Waals surface area contributed by atoms with Crippen molar-refractivity contribution in [1.29, 1.82) is 0 Å². The van der Waals surface area contributed by atoms with Gasteiger partial charge in [-0.25, -0.2) is 9.59 Å². The SMILES string of the molecule is CCC(C)N(C)CCNC(=O)Nc1cccc(NC(=O)OCC(C)C)c1. The minimum atomic E-state index is -0.506. The van der Waals surface area contributed by atoms with E-state index >= 15 is 0 Å². The van der Waals surface area contributed by atoms with Gasteiger partial charge in [0.15, 0.2) is 0 Å². The van der Waals surface area contributed by atoms with Crippen LogP contribution < -0.4 is 16.0 Å². The zero-order valence-corrected chi connectivity index (χ0v) is 16.5. The number of amides is 3. The Morgan fingerprint density at radius 2 is 1.81 bits per heavy atom. The van der Waals surface area contributed by atoms with Crippen LogP contribution in [-0.4, -0.2) is 49.8 Å². The fourth-order valence-corrected chi connectivity index (χ4v) is 2.12. The van der Waals surface area contributed by atoms with E-state index in [1.165, 1.54) is 0 Å². The summed E-state index contributed by atoms with van der Waals surface area (Å²) in [6.45, 7) is 9.94. The van der Waals surface area contributed by atoms with Gasteiger partial charge in [0.05, 0.1) is 6.61 Å². The fraction of sp³-hybridized carbons (Fsp3) is 0.579. The third kappa shape index (κ3) is 8.71. The van der Waals surface area contributed by atoms with Crippen LogP contribution in [0.25, 0.3) is 0 Å². The molecule has 0 spiro atoms. The summed E-state index contributed by atoms with van der Waals surface area (Å²) in [5.41, 5.74) is 1.16. The van der Waals surface area contributed by atoms with Crippen LogP contribution in [0, 0.1) is 5.92 Å². The molecule has 1 atom stereocenters. The molecule has 0 aliphatic rings. The molecule has 0 heterocycles. The molecular formula is C19H32N4O3. The molecule has 26 heavy (non-hydrogen) atoms. The van der Waals surface area contributed by atoms with Crippen molar-refractivity contribution in [3.8, 4) is 0 Å². The second kappa shape index (κ2) is 11.4. The zero-order valence-electron chi connectivity index (χ0n) is 16.5. The second-order valence-electron chi connectivity index (χ2n) is 6.82. The van der Waals surface area contributed by atoms with Gasteiger partial charge in [-0.05, 0) is 44.5 Å². The number of benzene rings is 1. The second-order valence-corrected chi connectivity index (χ2v) is 6.82. The van der Waals surface area contributed by atoms with E-state index in [1.807, 2.05) is 20.9 Å².